The summed E-state index contributed by atoms with van der Waals surface area (Å²) in [4.78, 5) is 18.2. The summed E-state index contributed by atoms with van der Waals surface area (Å²) in [5, 5.41) is 5.83. The van der Waals surface area contributed by atoms with Crippen LogP contribution in [0.4, 0.5) is 10.5 Å². The van der Waals surface area contributed by atoms with Crippen molar-refractivity contribution in [2.75, 3.05) is 12.4 Å². The van der Waals surface area contributed by atoms with Gasteiger partial charge in [0.25, 0.3) is 0 Å². The van der Waals surface area contributed by atoms with Crippen LogP contribution >= 0.6 is 11.3 Å². The minimum absolute atomic E-state index is 0.178. The van der Waals surface area contributed by atoms with E-state index in [2.05, 4.69) is 10.3 Å². The number of hydrogen-bond donors (Lipinski definition) is 1. The summed E-state index contributed by atoms with van der Waals surface area (Å²) in [6.07, 6.45) is 0. The molecule has 0 fully saturated rings. The lowest BCUT2D eigenvalue weighted by Gasteiger charge is -2.17. The van der Waals surface area contributed by atoms with Crippen molar-refractivity contribution in [3.63, 3.8) is 0 Å². The molecule has 1 heterocycles. The highest BCUT2D eigenvalue weighted by Gasteiger charge is 2.11. The number of amides is 2. The fraction of sp³-hybridized carbons (Fsp3) is 0.158. The number of nitrogens with zero attached hydrogens (tertiary/aromatic N) is 2. The van der Waals surface area contributed by atoms with Crippen LogP contribution < -0.4 is 10.1 Å². The third-order valence-corrected chi connectivity index (χ3v) is 4.32. The molecule has 0 spiro atoms. The number of hydrogen-bond acceptors (Lipinski definition) is 4. The van der Waals surface area contributed by atoms with Crippen molar-refractivity contribution in [2.24, 2.45) is 0 Å². The summed E-state index contributed by atoms with van der Waals surface area (Å²) < 4.78 is 5.74. The second-order valence-electron chi connectivity index (χ2n) is 5.58. The largest absolute Gasteiger partial charge is 0.457 e. The van der Waals surface area contributed by atoms with Gasteiger partial charge >= 0.3 is 6.03 Å². The first-order valence-corrected chi connectivity index (χ1v) is 8.74. The van der Waals surface area contributed by atoms with Crippen molar-refractivity contribution in [1.82, 2.24) is 9.88 Å². The number of urea groups is 1. The molecule has 2 aromatic carbocycles. The Balaban J connectivity index is 1.56. The van der Waals surface area contributed by atoms with Crippen molar-refractivity contribution >= 4 is 23.1 Å². The van der Waals surface area contributed by atoms with E-state index < -0.39 is 0 Å². The highest BCUT2D eigenvalue weighted by molar-refractivity contribution is 7.09. The first kappa shape index (κ1) is 17.0. The SMILES string of the molecule is Cc1nc(CN(C)C(=O)Nc2ccc(Oc3ccccc3)cc2)cs1. The van der Waals surface area contributed by atoms with E-state index in [4.69, 9.17) is 4.74 Å². The molecule has 25 heavy (non-hydrogen) atoms. The number of thiazole rings is 1. The van der Waals surface area contributed by atoms with Gasteiger partial charge in [0.15, 0.2) is 0 Å². The van der Waals surface area contributed by atoms with Crippen molar-refractivity contribution in [1.29, 1.82) is 0 Å². The van der Waals surface area contributed by atoms with Gasteiger partial charge in [0.2, 0.25) is 0 Å². The lowest BCUT2D eigenvalue weighted by atomic mass is 10.3. The normalized spacial score (nSPS) is 10.3. The number of rotatable bonds is 5. The van der Waals surface area contributed by atoms with Crippen LogP contribution in [0, 0.1) is 6.92 Å². The van der Waals surface area contributed by atoms with Crippen LogP contribution in [0.2, 0.25) is 0 Å². The molecule has 0 aliphatic rings. The summed E-state index contributed by atoms with van der Waals surface area (Å²) in [7, 11) is 1.75. The second kappa shape index (κ2) is 7.81. The van der Waals surface area contributed by atoms with Gasteiger partial charge < -0.3 is 15.0 Å². The monoisotopic (exact) mass is 353 g/mol. The van der Waals surface area contributed by atoms with Gasteiger partial charge in [-0.3, -0.25) is 0 Å². The number of carbonyl (C=O) groups excluding carboxylic acids is 1. The summed E-state index contributed by atoms with van der Waals surface area (Å²) in [5.41, 5.74) is 1.61. The number of nitrogens with one attached hydrogen (secondary N) is 1. The second-order valence-corrected chi connectivity index (χ2v) is 6.65. The van der Waals surface area contributed by atoms with E-state index in [1.54, 1.807) is 23.3 Å². The molecular weight excluding hydrogens is 334 g/mol. The van der Waals surface area contributed by atoms with Gasteiger partial charge in [0.05, 0.1) is 17.2 Å². The molecule has 5 nitrogen and oxygen atoms in total. The molecule has 0 saturated carbocycles. The van der Waals surface area contributed by atoms with Crippen LogP contribution in [0.15, 0.2) is 60.0 Å². The minimum Gasteiger partial charge on any atom is -0.457 e. The van der Waals surface area contributed by atoms with E-state index in [0.717, 1.165) is 22.2 Å². The zero-order valence-corrected chi connectivity index (χ0v) is 14.9. The number of carbonyl (C=O) groups is 1. The van der Waals surface area contributed by atoms with E-state index in [9.17, 15) is 4.79 Å². The molecule has 1 aromatic heterocycles. The number of aromatic nitrogens is 1. The number of benzene rings is 2. The third-order valence-electron chi connectivity index (χ3n) is 3.50. The molecule has 1 N–H and O–H groups in total. The quantitative estimate of drug-likeness (QED) is 0.709. The summed E-state index contributed by atoms with van der Waals surface area (Å²) in [5.74, 6) is 1.49. The molecule has 3 rings (SSSR count). The van der Waals surface area contributed by atoms with Gasteiger partial charge in [-0.1, -0.05) is 18.2 Å². The van der Waals surface area contributed by atoms with Crippen LogP contribution in [0.25, 0.3) is 0 Å². The molecule has 0 atom stereocenters. The Morgan fingerprint density at radius 3 is 2.44 bits per heavy atom. The smallest absolute Gasteiger partial charge is 0.321 e. The van der Waals surface area contributed by atoms with Gasteiger partial charge in [0.1, 0.15) is 11.5 Å². The van der Waals surface area contributed by atoms with Crippen molar-refractivity contribution in [3.05, 3.63) is 70.7 Å². The molecular formula is C19H19N3O2S. The van der Waals surface area contributed by atoms with E-state index in [1.807, 2.05) is 66.9 Å². The molecule has 128 valence electrons. The summed E-state index contributed by atoms with van der Waals surface area (Å²) in [6, 6.07) is 16.7. The van der Waals surface area contributed by atoms with Crippen LogP contribution in [0.1, 0.15) is 10.7 Å². The van der Waals surface area contributed by atoms with Crippen LogP contribution in [-0.2, 0) is 6.54 Å². The Labute approximate surface area is 150 Å². The Morgan fingerprint density at radius 1 is 1.12 bits per heavy atom. The van der Waals surface area contributed by atoms with Gasteiger partial charge in [-0.25, -0.2) is 9.78 Å². The van der Waals surface area contributed by atoms with Crippen molar-refractivity contribution < 1.29 is 9.53 Å². The molecule has 3 aromatic rings. The van der Waals surface area contributed by atoms with E-state index in [-0.39, 0.29) is 6.03 Å². The van der Waals surface area contributed by atoms with Gasteiger partial charge in [0, 0.05) is 18.1 Å². The first-order chi connectivity index (χ1) is 12.1. The van der Waals surface area contributed by atoms with E-state index >= 15 is 0 Å². The lowest BCUT2D eigenvalue weighted by Crippen LogP contribution is -2.30. The molecule has 0 saturated heterocycles. The lowest BCUT2D eigenvalue weighted by molar-refractivity contribution is 0.220. The molecule has 2 amide bonds. The van der Waals surface area contributed by atoms with Crippen LogP contribution in [-0.4, -0.2) is 23.0 Å². The summed E-state index contributed by atoms with van der Waals surface area (Å²) >= 11 is 1.58. The molecule has 6 heteroatoms. The van der Waals surface area contributed by atoms with E-state index in [0.29, 0.717) is 12.2 Å². The zero-order chi connectivity index (χ0) is 17.6. The standard InChI is InChI=1S/C19H19N3O2S/c1-14-20-16(13-25-14)12-22(2)19(23)21-15-8-10-18(11-9-15)24-17-6-4-3-5-7-17/h3-11,13H,12H2,1-2H3,(H,21,23). The van der Waals surface area contributed by atoms with Crippen molar-refractivity contribution in [2.45, 2.75) is 13.5 Å². The number of aryl methyl sites for hydroxylation is 1. The molecule has 0 aliphatic heterocycles. The average Bonchev–Trinajstić information content (AvgIpc) is 3.02. The maximum absolute atomic E-state index is 12.3. The third kappa shape index (κ3) is 4.81. The first-order valence-electron chi connectivity index (χ1n) is 7.86. The number of para-hydroxylation sites is 1. The number of ether oxygens (including phenoxy) is 1. The molecule has 0 bridgehead atoms. The Morgan fingerprint density at radius 2 is 1.80 bits per heavy atom. The topological polar surface area (TPSA) is 54.5 Å². The zero-order valence-electron chi connectivity index (χ0n) is 14.1. The maximum Gasteiger partial charge on any atom is 0.321 e. The van der Waals surface area contributed by atoms with Gasteiger partial charge in [-0.05, 0) is 43.3 Å². The average molecular weight is 353 g/mol. The Bertz CT molecular complexity index is 831. The number of anilines is 1. The van der Waals surface area contributed by atoms with Crippen LogP contribution in [0.5, 0.6) is 11.5 Å². The fourth-order valence-electron chi connectivity index (χ4n) is 2.25. The minimum atomic E-state index is -0.178. The summed E-state index contributed by atoms with van der Waals surface area (Å²) in [6.45, 7) is 2.43. The fourth-order valence-corrected chi connectivity index (χ4v) is 2.85. The highest BCUT2D eigenvalue weighted by atomic mass is 32.1. The predicted molar refractivity (Wildman–Crippen MR) is 100 cm³/mol. The van der Waals surface area contributed by atoms with Crippen molar-refractivity contribution in [3.8, 4) is 11.5 Å². The maximum atomic E-state index is 12.3. The molecule has 0 unspecified atom stereocenters. The Hall–Kier alpha value is -2.86. The van der Waals surface area contributed by atoms with Gasteiger partial charge in [-0.15, -0.1) is 11.3 Å². The van der Waals surface area contributed by atoms with Gasteiger partial charge in [-0.2, -0.15) is 0 Å². The highest BCUT2D eigenvalue weighted by Crippen LogP contribution is 2.22. The predicted octanol–water partition coefficient (Wildman–Crippen LogP) is 4.91. The molecule has 0 aliphatic carbocycles. The Kier molecular flexibility index (Phi) is 5.30. The van der Waals surface area contributed by atoms with Crippen LogP contribution in [0.3, 0.4) is 0 Å². The van der Waals surface area contributed by atoms with E-state index in [1.165, 1.54) is 0 Å². The molecule has 0 radical (unpaired) electrons.